The van der Waals surface area contributed by atoms with Gasteiger partial charge in [-0.05, 0) is 42.2 Å². The van der Waals surface area contributed by atoms with Crippen LogP contribution in [0.25, 0.3) is 0 Å². The van der Waals surface area contributed by atoms with E-state index >= 15 is 0 Å². The van der Waals surface area contributed by atoms with E-state index in [4.69, 9.17) is 21.1 Å². The number of para-hydroxylation sites is 1. The molecule has 0 N–H and O–H groups in total. The van der Waals surface area contributed by atoms with Crippen LogP contribution in [0.2, 0.25) is 0 Å². The normalized spacial score (nSPS) is 21.1. The molecule has 0 heterocycles. The predicted molar refractivity (Wildman–Crippen MR) is 113 cm³/mol. The van der Waals surface area contributed by atoms with Gasteiger partial charge in [-0.1, -0.05) is 55.8 Å². The van der Waals surface area contributed by atoms with E-state index in [1.165, 1.54) is 6.92 Å². The third-order valence-corrected chi connectivity index (χ3v) is 6.15. The Bertz CT molecular complexity index is 1070. The SMILES string of the molecule is C/C(=C(/Cl)C(F)(F)F)[C@@H]1[C@H](C(=O)OC(C#N)c2cccc(Oc3ccccc3)c2)C1(C)C. The van der Waals surface area contributed by atoms with Crippen LogP contribution in [0.4, 0.5) is 13.2 Å². The summed E-state index contributed by atoms with van der Waals surface area (Å²) in [5, 5.41) is 8.34. The molecule has 3 rings (SSSR count). The standard InChI is InChI=1S/C24H21ClF3NO3/c1-14(21(25)24(26,27)28)19-20(23(19,2)3)22(30)32-18(13-29)15-8-7-11-17(12-15)31-16-9-5-4-6-10-16/h4-12,18-20H,1-3H3/b21-14-/t18?,19-,20-/m1/s1. The van der Waals surface area contributed by atoms with Gasteiger partial charge in [0.2, 0.25) is 6.10 Å². The number of hydrogen-bond acceptors (Lipinski definition) is 4. The molecule has 1 fully saturated rings. The summed E-state index contributed by atoms with van der Waals surface area (Å²) >= 11 is 5.49. The largest absolute Gasteiger partial charge is 0.457 e. The number of alkyl halides is 3. The quantitative estimate of drug-likeness (QED) is 0.435. The summed E-state index contributed by atoms with van der Waals surface area (Å²) in [5.41, 5.74) is -0.493. The number of benzene rings is 2. The fraction of sp³-hybridized carbons (Fsp3) is 0.333. The van der Waals surface area contributed by atoms with Gasteiger partial charge in [0.05, 0.1) is 5.92 Å². The highest BCUT2D eigenvalue weighted by Crippen LogP contribution is 2.63. The maximum absolute atomic E-state index is 13.0. The van der Waals surface area contributed by atoms with E-state index in [-0.39, 0.29) is 5.57 Å². The van der Waals surface area contributed by atoms with E-state index in [9.17, 15) is 23.2 Å². The molecule has 168 valence electrons. The van der Waals surface area contributed by atoms with Crippen molar-refractivity contribution in [1.82, 2.24) is 0 Å². The number of carbonyl (C=O) groups excluding carboxylic acids is 1. The van der Waals surface area contributed by atoms with Gasteiger partial charge in [0.1, 0.15) is 22.6 Å². The van der Waals surface area contributed by atoms with Crippen molar-refractivity contribution in [2.24, 2.45) is 17.3 Å². The Labute approximate surface area is 189 Å². The highest BCUT2D eigenvalue weighted by atomic mass is 35.5. The fourth-order valence-corrected chi connectivity index (χ4v) is 4.09. The van der Waals surface area contributed by atoms with Gasteiger partial charge in [0.25, 0.3) is 0 Å². The van der Waals surface area contributed by atoms with Crippen molar-refractivity contribution in [3.63, 3.8) is 0 Å². The molecule has 2 aromatic carbocycles. The van der Waals surface area contributed by atoms with E-state index in [0.29, 0.717) is 17.1 Å². The van der Waals surface area contributed by atoms with Crippen molar-refractivity contribution in [2.75, 3.05) is 0 Å². The van der Waals surface area contributed by atoms with Crippen LogP contribution >= 0.6 is 11.6 Å². The van der Waals surface area contributed by atoms with Crippen molar-refractivity contribution in [3.8, 4) is 17.6 Å². The van der Waals surface area contributed by atoms with Crippen LogP contribution in [0.5, 0.6) is 11.5 Å². The first-order valence-corrected chi connectivity index (χ1v) is 10.2. The van der Waals surface area contributed by atoms with Gasteiger partial charge in [0, 0.05) is 11.5 Å². The molecular formula is C24H21ClF3NO3. The second kappa shape index (κ2) is 8.87. The van der Waals surface area contributed by atoms with Crippen LogP contribution in [-0.2, 0) is 9.53 Å². The molecule has 8 heteroatoms. The molecule has 4 nitrogen and oxygen atoms in total. The Morgan fingerprint density at radius 2 is 1.72 bits per heavy atom. The number of rotatable bonds is 6. The molecular weight excluding hydrogens is 443 g/mol. The molecule has 0 aliphatic heterocycles. The molecule has 0 amide bonds. The Morgan fingerprint density at radius 1 is 1.09 bits per heavy atom. The Kier molecular flexibility index (Phi) is 6.56. The summed E-state index contributed by atoms with van der Waals surface area (Å²) in [6, 6.07) is 17.5. The number of ether oxygens (including phenoxy) is 2. The molecule has 0 bridgehead atoms. The van der Waals surface area contributed by atoms with Crippen LogP contribution in [-0.4, -0.2) is 12.1 Å². The highest BCUT2D eigenvalue weighted by molar-refractivity contribution is 6.30. The van der Waals surface area contributed by atoms with Gasteiger partial charge in [0.15, 0.2) is 0 Å². The van der Waals surface area contributed by atoms with Crippen LogP contribution in [0.15, 0.2) is 65.2 Å². The number of nitriles is 1. The first kappa shape index (κ1) is 23.7. The summed E-state index contributed by atoms with van der Waals surface area (Å²) in [7, 11) is 0. The summed E-state index contributed by atoms with van der Waals surface area (Å²) < 4.78 is 50.1. The molecule has 32 heavy (non-hydrogen) atoms. The van der Waals surface area contributed by atoms with Gasteiger partial charge in [-0.2, -0.15) is 18.4 Å². The van der Waals surface area contributed by atoms with Crippen molar-refractivity contribution >= 4 is 17.6 Å². The summed E-state index contributed by atoms with van der Waals surface area (Å²) in [5.74, 6) is -1.26. The molecule has 0 spiro atoms. The Hall–Kier alpha value is -2.98. The Morgan fingerprint density at radius 3 is 2.31 bits per heavy atom. The first-order valence-electron chi connectivity index (χ1n) is 9.83. The number of esters is 1. The van der Waals surface area contributed by atoms with Crippen LogP contribution in [0, 0.1) is 28.6 Å². The average molecular weight is 464 g/mol. The Balaban J connectivity index is 1.76. The summed E-state index contributed by atoms with van der Waals surface area (Å²) in [4.78, 5) is 12.8. The molecule has 1 aliphatic rings. The topological polar surface area (TPSA) is 59.3 Å². The third-order valence-electron chi connectivity index (χ3n) is 5.63. The van der Waals surface area contributed by atoms with Gasteiger partial charge < -0.3 is 9.47 Å². The van der Waals surface area contributed by atoms with Crippen LogP contribution in [0.1, 0.15) is 32.4 Å². The smallest absolute Gasteiger partial charge is 0.426 e. The number of carbonyl (C=O) groups is 1. The van der Waals surface area contributed by atoms with Crippen molar-refractivity contribution in [3.05, 3.63) is 70.8 Å². The molecule has 3 atom stereocenters. The molecule has 1 aliphatic carbocycles. The number of halogens is 4. The van der Waals surface area contributed by atoms with Crippen LogP contribution in [0.3, 0.4) is 0 Å². The maximum atomic E-state index is 13.0. The minimum absolute atomic E-state index is 0.113. The first-order chi connectivity index (χ1) is 15.0. The molecule has 2 aromatic rings. The lowest BCUT2D eigenvalue weighted by molar-refractivity contribution is -0.149. The average Bonchev–Trinajstić information content (AvgIpc) is 3.33. The van der Waals surface area contributed by atoms with E-state index < -0.39 is 40.5 Å². The fourth-order valence-electron chi connectivity index (χ4n) is 3.97. The lowest BCUT2D eigenvalue weighted by Crippen LogP contribution is -2.15. The molecule has 1 saturated carbocycles. The zero-order chi connectivity index (χ0) is 23.7. The number of nitrogens with zero attached hydrogens (tertiary/aromatic N) is 1. The zero-order valence-electron chi connectivity index (χ0n) is 17.6. The minimum atomic E-state index is -4.69. The predicted octanol–water partition coefficient (Wildman–Crippen LogP) is 6.93. The lowest BCUT2D eigenvalue weighted by atomic mass is 10.0. The second-order valence-electron chi connectivity index (χ2n) is 8.21. The number of hydrogen-bond donors (Lipinski definition) is 0. The van der Waals surface area contributed by atoms with E-state index in [2.05, 4.69) is 0 Å². The van der Waals surface area contributed by atoms with Gasteiger partial charge in [-0.3, -0.25) is 4.79 Å². The third kappa shape index (κ3) is 4.91. The summed E-state index contributed by atoms with van der Waals surface area (Å²) in [6.45, 7) is 4.61. The highest BCUT2D eigenvalue weighted by Gasteiger charge is 2.64. The van der Waals surface area contributed by atoms with Gasteiger partial charge in [-0.25, -0.2) is 0 Å². The van der Waals surface area contributed by atoms with Gasteiger partial charge >= 0.3 is 12.1 Å². The molecule has 0 saturated heterocycles. The molecule has 0 aromatic heterocycles. The molecule has 1 unspecified atom stereocenters. The van der Waals surface area contributed by atoms with Crippen molar-refractivity contribution in [1.29, 1.82) is 5.26 Å². The van der Waals surface area contributed by atoms with Crippen LogP contribution < -0.4 is 4.74 Å². The van der Waals surface area contributed by atoms with Gasteiger partial charge in [-0.15, -0.1) is 0 Å². The van der Waals surface area contributed by atoms with E-state index in [1.807, 2.05) is 24.3 Å². The summed E-state index contributed by atoms with van der Waals surface area (Å²) in [6.07, 6.45) is -5.92. The molecule has 0 radical (unpaired) electrons. The number of allylic oxidation sites excluding steroid dienone is 2. The zero-order valence-corrected chi connectivity index (χ0v) is 18.4. The maximum Gasteiger partial charge on any atom is 0.426 e. The monoisotopic (exact) mass is 463 g/mol. The van der Waals surface area contributed by atoms with E-state index in [0.717, 1.165) is 0 Å². The van der Waals surface area contributed by atoms with Crippen molar-refractivity contribution < 1.29 is 27.4 Å². The minimum Gasteiger partial charge on any atom is -0.457 e. The lowest BCUT2D eigenvalue weighted by Gasteiger charge is -2.14. The second-order valence-corrected chi connectivity index (χ2v) is 8.58. The van der Waals surface area contributed by atoms with Crippen molar-refractivity contribution in [2.45, 2.75) is 33.1 Å². The van der Waals surface area contributed by atoms with E-state index in [1.54, 1.807) is 50.2 Å².